The molecule has 23 heavy (non-hydrogen) atoms. The molecule has 1 saturated heterocycles. The number of likely N-dealkylation sites (tertiary alicyclic amines) is 1. The third-order valence-corrected chi connectivity index (χ3v) is 4.85. The molecule has 124 valence electrons. The molecule has 6 heteroatoms. The van der Waals surface area contributed by atoms with Gasteiger partial charge in [-0.05, 0) is 49.4 Å². The van der Waals surface area contributed by atoms with E-state index in [1.54, 1.807) is 18.0 Å². The maximum Gasteiger partial charge on any atom is 0.242 e. The number of nitrogens with one attached hydrogen (secondary N) is 1. The number of benzene rings is 1. The van der Waals surface area contributed by atoms with Crippen LogP contribution in [0.1, 0.15) is 24.8 Å². The molecule has 2 heterocycles. The Morgan fingerprint density at radius 1 is 1.35 bits per heavy atom. The molecular formula is C17H21ClN2O3. The van der Waals surface area contributed by atoms with E-state index in [9.17, 15) is 9.59 Å². The number of piperidine rings is 1. The third-order valence-electron chi connectivity index (χ3n) is 4.61. The van der Waals surface area contributed by atoms with E-state index >= 15 is 0 Å². The van der Waals surface area contributed by atoms with Crippen LogP contribution >= 0.6 is 11.6 Å². The van der Waals surface area contributed by atoms with Gasteiger partial charge in [0.2, 0.25) is 11.8 Å². The fraction of sp³-hybridized carbons (Fsp3) is 0.529. The zero-order valence-electron chi connectivity index (χ0n) is 13.2. The first-order valence-corrected chi connectivity index (χ1v) is 8.41. The molecular weight excluding hydrogens is 316 g/mol. The number of hydrogen-bond donors (Lipinski definition) is 1. The van der Waals surface area contributed by atoms with Crippen LogP contribution in [-0.2, 0) is 16.0 Å². The minimum Gasteiger partial charge on any atom is -0.492 e. The van der Waals surface area contributed by atoms with Crippen LogP contribution in [0.4, 0.5) is 0 Å². The lowest BCUT2D eigenvalue weighted by molar-refractivity contribution is -0.146. The van der Waals surface area contributed by atoms with E-state index in [4.69, 9.17) is 16.3 Å². The first-order chi connectivity index (χ1) is 11.1. The highest BCUT2D eigenvalue weighted by atomic mass is 35.5. The molecule has 0 saturated carbocycles. The van der Waals surface area contributed by atoms with E-state index in [-0.39, 0.29) is 23.8 Å². The van der Waals surface area contributed by atoms with E-state index in [0.29, 0.717) is 24.6 Å². The van der Waals surface area contributed by atoms with Crippen molar-refractivity contribution in [1.29, 1.82) is 0 Å². The summed E-state index contributed by atoms with van der Waals surface area (Å²) in [6.45, 7) is 0.986. The highest BCUT2D eigenvalue weighted by Crippen LogP contribution is 2.31. The summed E-state index contributed by atoms with van der Waals surface area (Å²) in [5.41, 5.74) is 0.954. The van der Waals surface area contributed by atoms with E-state index in [2.05, 4.69) is 5.32 Å². The van der Waals surface area contributed by atoms with Crippen molar-refractivity contribution in [2.24, 2.45) is 5.92 Å². The Hall–Kier alpha value is -1.75. The molecule has 0 aliphatic carbocycles. The minimum atomic E-state index is -0.359. The zero-order valence-corrected chi connectivity index (χ0v) is 13.9. The van der Waals surface area contributed by atoms with Gasteiger partial charge in [0.25, 0.3) is 0 Å². The van der Waals surface area contributed by atoms with Crippen molar-refractivity contribution < 1.29 is 14.3 Å². The Balaban J connectivity index is 1.76. The number of halogens is 1. The summed E-state index contributed by atoms with van der Waals surface area (Å²) in [6.07, 6.45) is 3.24. The molecule has 0 bridgehead atoms. The first kappa shape index (κ1) is 16.1. The number of carbonyl (C=O) groups is 2. The highest BCUT2D eigenvalue weighted by molar-refractivity contribution is 6.30. The molecule has 0 unspecified atom stereocenters. The maximum atomic E-state index is 12.9. The molecule has 2 amide bonds. The Morgan fingerprint density at radius 3 is 2.96 bits per heavy atom. The van der Waals surface area contributed by atoms with Gasteiger partial charge in [0, 0.05) is 18.6 Å². The van der Waals surface area contributed by atoms with Gasteiger partial charge in [0.1, 0.15) is 18.4 Å². The predicted molar refractivity (Wildman–Crippen MR) is 87.6 cm³/mol. The van der Waals surface area contributed by atoms with Crippen molar-refractivity contribution in [3.05, 3.63) is 28.8 Å². The SMILES string of the molecule is CNC(=O)[C@@H]1CCCCN1C(=O)[C@H]1COc2ccc(Cl)cc2C1. The Morgan fingerprint density at radius 2 is 2.17 bits per heavy atom. The molecule has 5 nitrogen and oxygen atoms in total. The van der Waals surface area contributed by atoms with Crippen molar-refractivity contribution in [2.75, 3.05) is 20.2 Å². The molecule has 2 aliphatic rings. The van der Waals surface area contributed by atoms with Gasteiger partial charge in [-0.25, -0.2) is 0 Å². The molecule has 3 rings (SSSR count). The molecule has 0 radical (unpaired) electrons. The van der Waals surface area contributed by atoms with Crippen molar-refractivity contribution >= 4 is 23.4 Å². The molecule has 1 fully saturated rings. The minimum absolute atomic E-state index is 0.00363. The van der Waals surface area contributed by atoms with Crippen LogP contribution in [-0.4, -0.2) is 43.0 Å². The quantitative estimate of drug-likeness (QED) is 0.899. The van der Waals surface area contributed by atoms with Crippen molar-refractivity contribution in [3.63, 3.8) is 0 Å². The van der Waals surface area contributed by atoms with Gasteiger partial charge in [-0.3, -0.25) is 9.59 Å². The molecule has 0 spiro atoms. The lowest BCUT2D eigenvalue weighted by atomic mass is 9.93. The van der Waals surface area contributed by atoms with E-state index in [1.165, 1.54) is 0 Å². The van der Waals surface area contributed by atoms with Crippen LogP contribution in [0.25, 0.3) is 0 Å². The first-order valence-electron chi connectivity index (χ1n) is 8.03. The molecule has 1 aromatic carbocycles. The zero-order chi connectivity index (χ0) is 16.4. The summed E-state index contributed by atoms with van der Waals surface area (Å²) in [4.78, 5) is 26.7. The lowest BCUT2D eigenvalue weighted by Crippen LogP contribution is -2.54. The number of nitrogens with zero attached hydrogens (tertiary/aromatic N) is 1. The third kappa shape index (κ3) is 3.29. The van der Waals surface area contributed by atoms with Crippen LogP contribution in [0.2, 0.25) is 5.02 Å². The van der Waals surface area contributed by atoms with Gasteiger partial charge in [0.15, 0.2) is 0 Å². The highest BCUT2D eigenvalue weighted by Gasteiger charge is 2.36. The van der Waals surface area contributed by atoms with Crippen molar-refractivity contribution in [1.82, 2.24) is 10.2 Å². The van der Waals surface area contributed by atoms with Crippen LogP contribution in [0.5, 0.6) is 5.75 Å². The average Bonchev–Trinajstić information content (AvgIpc) is 2.59. The number of likely N-dealkylation sites (N-methyl/N-ethyl adjacent to an activating group) is 1. The Bertz CT molecular complexity index is 620. The Kier molecular flexibility index (Phi) is 4.76. The fourth-order valence-corrected chi connectivity index (χ4v) is 3.59. The predicted octanol–water partition coefficient (Wildman–Crippen LogP) is 2.02. The van der Waals surface area contributed by atoms with Crippen molar-refractivity contribution in [3.8, 4) is 5.75 Å². The van der Waals surface area contributed by atoms with E-state index < -0.39 is 0 Å². The number of carbonyl (C=O) groups excluding carboxylic acids is 2. The number of rotatable bonds is 2. The largest absolute Gasteiger partial charge is 0.492 e. The fourth-order valence-electron chi connectivity index (χ4n) is 3.39. The number of ether oxygens (including phenoxy) is 1. The topological polar surface area (TPSA) is 58.6 Å². The van der Waals surface area contributed by atoms with Crippen LogP contribution in [0.3, 0.4) is 0 Å². The lowest BCUT2D eigenvalue weighted by Gasteiger charge is -2.37. The van der Waals surface area contributed by atoms with Crippen LogP contribution in [0.15, 0.2) is 18.2 Å². The second-order valence-electron chi connectivity index (χ2n) is 6.12. The number of hydrogen-bond acceptors (Lipinski definition) is 3. The van der Waals surface area contributed by atoms with Crippen LogP contribution in [0, 0.1) is 5.92 Å². The summed E-state index contributed by atoms with van der Waals surface area (Å²) >= 11 is 6.03. The maximum absolute atomic E-state index is 12.9. The standard InChI is InChI=1S/C17H21ClN2O3/c1-19-16(21)14-4-2-3-7-20(14)17(22)12-8-11-9-13(18)5-6-15(11)23-10-12/h5-6,9,12,14H,2-4,7-8,10H2,1H3,(H,19,21)/t12-,14+/m1/s1. The summed E-state index contributed by atoms with van der Waals surface area (Å²) in [6, 6.07) is 5.12. The number of amides is 2. The van der Waals surface area contributed by atoms with Gasteiger partial charge < -0.3 is 15.0 Å². The monoisotopic (exact) mass is 336 g/mol. The summed E-state index contributed by atoms with van der Waals surface area (Å²) in [5.74, 6) is 0.452. The van der Waals surface area contributed by atoms with E-state index in [1.807, 2.05) is 12.1 Å². The van der Waals surface area contributed by atoms with Gasteiger partial charge in [-0.15, -0.1) is 0 Å². The van der Waals surface area contributed by atoms with Gasteiger partial charge in [-0.1, -0.05) is 11.6 Å². The molecule has 0 aromatic heterocycles. The average molecular weight is 337 g/mol. The molecule has 2 aliphatic heterocycles. The van der Waals surface area contributed by atoms with Gasteiger partial charge >= 0.3 is 0 Å². The second-order valence-corrected chi connectivity index (χ2v) is 6.56. The van der Waals surface area contributed by atoms with Crippen LogP contribution < -0.4 is 10.1 Å². The Labute approximate surface area is 140 Å². The van der Waals surface area contributed by atoms with Gasteiger partial charge in [-0.2, -0.15) is 0 Å². The normalized spacial score (nSPS) is 23.7. The smallest absolute Gasteiger partial charge is 0.242 e. The molecule has 1 aromatic rings. The number of fused-ring (bicyclic) bond motifs is 1. The second kappa shape index (κ2) is 6.79. The summed E-state index contributed by atoms with van der Waals surface area (Å²) < 4.78 is 5.72. The van der Waals surface area contributed by atoms with E-state index in [0.717, 1.165) is 30.6 Å². The molecule has 1 N–H and O–H groups in total. The summed E-state index contributed by atoms with van der Waals surface area (Å²) in [5, 5.41) is 3.30. The molecule has 2 atom stereocenters. The summed E-state index contributed by atoms with van der Waals surface area (Å²) in [7, 11) is 1.61. The van der Waals surface area contributed by atoms with Crippen molar-refractivity contribution in [2.45, 2.75) is 31.7 Å². The van der Waals surface area contributed by atoms with Gasteiger partial charge in [0.05, 0.1) is 5.92 Å².